The summed E-state index contributed by atoms with van der Waals surface area (Å²) in [5.74, 6) is -1.63. The molecule has 100 valence electrons. The van der Waals surface area contributed by atoms with Gasteiger partial charge < -0.3 is 8.92 Å². The maximum Gasteiger partial charge on any atom is 0.534 e. The van der Waals surface area contributed by atoms with Gasteiger partial charge in [0.15, 0.2) is 5.75 Å². The Labute approximate surface area is 99.5 Å². The van der Waals surface area contributed by atoms with Gasteiger partial charge in [-0.15, -0.1) is 0 Å². The van der Waals surface area contributed by atoms with Gasteiger partial charge >= 0.3 is 21.6 Å². The van der Waals surface area contributed by atoms with Gasteiger partial charge in [-0.3, -0.25) is 4.98 Å². The van der Waals surface area contributed by atoms with Gasteiger partial charge in [0.05, 0.1) is 18.9 Å². The summed E-state index contributed by atoms with van der Waals surface area (Å²) in [6.07, 6.45) is 1.70. The van der Waals surface area contributed by atoms with Crippen LogP contribution < -0.4 is 4.18 Å². The normalized spacial score (nSPS) is 12.0. The lowest BCUT2D eigenvalue weighted by atomic mass is 10.3. The zero-order valence-electron chi connectivity index (χ0n) is 8.76. The van der Waals surface area contributed by atoms with Gasteiger partial charge in [0.1, 0.15) is 0 Å². The van der Waals surface area contributed by atoms with Crippen molar-refractivity contribution in [1.82, 2.24) is 4.98 Å². The van der Waals surface area contributed by atoms with E-state index in [1.807, 2.05) is 0 Å². The van der Waals surface area contributed by atoms with Crippen LogP contribution in [-0.4, -0.2) is 32.0 Å². The average molecular weight is 285 g/mol. The lowest BCUT2D eigenvalue weighted by molar-refractivity contribution is -0.0500. The van der Waals surface area contributed by atoms with Crippen LogP contribution in [0.25, 0.3) is 0 Å². The van der Waals surface area contributed by atoms with E-state index < -0.39 is 27.3 Å². The summed E-state index contributed by atoms with van der Waals surface area (Å²) in [6, 6.07) is 0.766. The van der Waals surface area contributed by atoms with Crippen molar-refractivity contribution in [3.8, 4) is 5.75 Å². The first kappa shape index (κ1) is 14.2. The molecule has 1 rings (SSSR count). The SMILES string of the molecule is COC(=O)c1cncc(OS(=O)(=O)C(F)(F)F)c1. The van der Waals surface area contributed by atoms with Crippen LogP contribution >= 0.6 is 0 Å². The lowest BCUT2D eigenvalue weighted by Gasteiger charge is -2.09. The van der Waals surface area contributed by atoms with Crippen molar-refractivity contribution in [3.63, 3.8) is 0 Å². The van der Waals surface area contributed by atoms with Crippen molar-refractivity contribution >= 4 is 16.1 Å². The average Bonchev–Trinajstić information content (AvgIpc) is 2.26. The van der Waals surface area contributed by atoms with Crippen molar-refractivity contribution in [2.45, 2.75) is 5.51 Å². The molecule has 0 atom stereocenters. The Kier molecular flexibility index (Phi) is 3.79. The van der Waals surface area contributed by atoms with E-state index in [0.717, 1.165) is 25.6 Å². The minimum absolute atomic E-state index is 0.243. The third kappa shape index (κ3) is 3.09. The molecule has 0 bridgehead atoms. The molecule has 0 spiro atoms. The van der Waals surface area contributed by atoms with Crippen LogP contribution in [0.2, 0.25) is 0 Å². The minimum atomic E-state index is -5.79. The molecule has 1 aromatic rings. The molecule has 0 N–H and O–H groups in total. The van der Waals surface area contributed by atoms with Crippen molar-refractivity contribution in [3.05, 3.63) is 24.0 Å². The molecule has 0 aliphatic heterocycles. The first-order valence-electron chi connectivity index (χ1n) is 4.21. The molecule has 0 fully saturated rings. The highest BCUT2D eigenvalue weighted by Crippen LogP contribution is 2.26. The summed E-state index contributed by atoms with van der Waals surface area (Å²) in [4.78, 5) is 14.4. The first-order valence-corrected chi connectivity index (χ1v) is 5.62. The fourth-order valence-corrected chi connectivity index (χ4v) is 1.31. The van der Waals surface area contributed by atoms with Crippen LogP contribution in [0.15, 0.2) is 18.5 Å². The summed E-state index contributed by atoms with van der Waals surface area (Å²) >= 11 is 0. The van der Waals surface area contributed by atoms with E-state index in [2.05, 4.69) is 13.9 Å². The quantitative estimate of drug-likeness (QED) is 0.470. The highest BCUT2D eigenvalue weighted by atomic mass is 32.2. The Morgan fingerprint density at radius 3 is 2.44 bits per heavy atom. The summed E-state index contributed by atoms with van der Waals surface area (Å²) < 4.78 is 65.5. The smallest absolute Gasteiger partial charge is 0.465 e. The number of alkyl halides is 3. The van der Waals surface area contributed by atoms with Crippen molar-refractivity contribution in [1.29, 1.82) is 0 Å². The maximum absolute atomic E-state index is 12.0. The van der Waals surface area contributed by atoms with Crippen LogP contribution in [0.1, 0.15) is 10.4 Å². The lowest BCUT2D eigenvalue weighted by Crippen LogP contribution is -2.28. The molecule has 6 nitrogen and oxygen atoms in total. The van der Waals surface area contributed by atoms with Gasteiger partial charge in [0.25, 0.3) is 0 Å². The molecule has 0 amide bonds. The van der Waals surface area contributed by atoms with Gasteiger partial charge in [-0.05, 0) is 6.07 Å². The number of pyridine rings is 1. The number of halogens is 3. The fraction of sp³-hybridized carbons (Fsp3) is 0.250. The van der Waals surface area contributed by atoms with Crippen LogP contribution in [0.4, 0.5) is 13.2 Å². The van der Waals surface area contributed by atoms with Gasteiger partial charge in [-0.25, -0.2) is 4.79 Å². The van der Waals surface area contributed by atoms with E-state index in [1.54, 1.807) is 0 Å². The molecule has 0 unspecified atom stereocenters. The number of carbonyl (C=O) groups is 1. The molecule has 0 aliphatic rings. The fourth-order valence-electron chi connectivity index (χ4n) is 0.868. The van der Waals surface area contributed by atoms with Crippen molar-refractivity contribution in [2.75, 3.05) is 7.11 Å². The largest absolute Gasteiger partial charge is 0.534 e. The monoisotopic (exact) mass is 285 g/mol. The van der Waals surface area contributed by atoms with E-state index in [-0.39, 0.29) is 5.56 Å². The second-order valence-electron chi connectivity index (χ2n) is 2.88. The maximum atomic E-state index is 12.0. The Balaban J connectivity index is 3.04. The Hall–Kier alpha value is -1.84. The number of methoxy groups -OCH3 is 1. The molecule has 0 saturated heterocycles. The Bertz CT molecular complexity index is 554. The summed E-state index contributed by atoms with van der Waals surface area (Å²) in [7, 11) is -4.75. The zero-order chi connectivity index (χ0) is 14.0. The highest BCUT2D eigenvalue weighted by Gasteiger charge is 2.48. The molecule has 1 aromatic heterocycles. The molecule has 0 aromatic carbocycles. The predicted octanol–water partition coefficient (Wildman–Crippen LogP) is 1.10. The van der Waals surface area contributed by atoms with Gasteiger partial charge in [-0.1, -0.05) is 0 Å². The van der Waals surface area contributed by atoms with E-state index >= 15 is 0 Å². The van der Waals surface area contributed by atoms with Crippen LogP contribution in [0, 0.1) is 0 Å². The Morgan fingerprint density at radius 2 is 1.94 bits per heavy atom. The molecule has 0 saturated carbocycles. The summed E-state index contributed by atoms with van der Waals surface area (Å²) in [6.45, 7) is 0. The molecule has 18 heavy (non-hydrogen) atoms. The van der Waals surface area contributed by atoms with Crippen molar-refractivity contribution in [2.24, 2.45) is 0 Å². The van der Waals surface area contributed by atoms with Gasteiger partial charge in [0.2, 0.25) is 0 Å². The number of hydrogen-bond acceptors (Lipinski definition) is 6. The molecular formula is C8H6F3NO5S. The minimum Gasteiger partial charge on any atom is -0.465 e. The third-order valence-corrected chi connectivity index (χ3v) is 2.60. The number of rotatable bonds is 3. The number of carbonyl (C=O) groups excluding carboxylic acids is 1. The van der Waals surface area contributed by atoms with E-state index in [4.69, 9.17) is 0 Å². The highest BCUT2D eigenvalue weighted by molar-refractivity contribution is 7.87. The van der Waals surface area contributed by atoms with Gasteiger partial charge in [-0.2, -0.15) is 21.6 Å². The van der Waals surface area contributed by atoms with Crippen LogP contribution in [0.5, 0.6) is 5.75 Å². The van der Waals surface area contributed by atoms with Crippen LogP contribution in [0.3, 0.4) is 0 Å². The topological polar surface area (TPSA) is 82.6 Å². The first-order chi connectivity index (χ1) is 8.17. The third-order valence-electron chi connectivity index (χ3n) is 1.62. The van der Waals surface area contributed by atoms with E-state index in [1.165, 1.54) is 0 Å². The van der Waals surface area contributed by atoms with Crippen molar-refractivity contribution < 1.29 is 35.3 Å². The number of nitrogens with zero attached hydrogens (tertiary/aromatic N) is 1. The number of esters is 1. The number of aromatic nitrogens is 1. The van der Waals surface area contributed by atoms with Gasteiger partial charge in [0, 0.05) is 6.20 Å². The number of hydrogen-bond donors (Lipinski definition) is 0. The molecule has 10 heteroatoms. The molecule has 0 radical (unpaired) electrons. The number of ether oxygens (including phenoxy) is 1. The standard InChI is InChI=1S/C8H6F3NO5S/c1-16-7(13)5-2-6(4-12-3-5)17-18(14,15)8(9,10)11/h2-4H,1H3. The second-order valence-corrected chi connectivity index (χ2v) is 4.42. The van der Waals surface area contributed by atoms with E-state index in [0.29, 0.717) is 0 Å². The molecule has 0 aliphatic carbocycles. The molecular weight excluding hydrogens is 279 g/mol. The zero-order valence-corrected chi connectivity index (χ0v) is 9.58. The van der Waals surface area contributed by atoms with E-state index in [9.17, 15) is 26.4 Å². The Morgan fingerprint density at radius 1 is 1.33 bits per heavy atom. The van der Waals surface area contributed by atoms with Crippen LogP contribution in [-0.2, 0) is 14.9 Å². The second kappa shape index (κ2) is 4.80. The summed E-state index contributed by atoms with van der Waals surface area (Å²) in [5, 5.41) is 0. The predicted molar refractivity (Wildman–Crippen MR) is 51.2 cm³/mol. The molecule has 1 heterocycles. The summed E-state index contributed by atoms with van der Waals surface area (Å²) in [5.41, 5.74) is -5.80.